The Morgan fingerprint density at radius 2 is 2.00 bits per heavy atom. The van der Waals surface area contributed by atoms with Gasteiger partial charge in [0, 0.05) is 15.9 Å². The van der Waals surface area contributed by atoms with E-state index in [1.54, 1.807) is 0 Å². The van der Waals surface area contributed by atoms with Crippen LogP contribution in [0.25, 0.3) is 11.0 Å². The van der Waals surface area contributed by atoms with E-state index in [9.17, 15) is 0 Å². The molecule has 114 valence electrons. The Morgan fingerprint density at radius 1 is 1.29 bits per heavy atom. The first-order valence-electron chi connectivity index (χ1n) is 7.39. The summed E-state index contributed by atoms with van der Waals surface area (Å²) in [4.78, 5) is 2.28. The van der Waals surface area contributed by atoms with Crippen LogP contribution in [0.4, 0.5) is 0 Å². The minimum Gasteiger partial charge on any atom is -0.459 e. The summed E-state index contributed by atoms with van der Waals surface area (Å²) >= 11 is 6.06. The van der Waals surface area contributed by atoms with Gasteiger partial charge in [0.15, 0.2) is 0 Å². The summed E-state index contributed by atoms with van der Waals surface area (Å²) in [5.74, 6) is 6.78. The Kier molecular flexibility index (Phi) is 3.97. The average molecular weight is 308 g/mol. The van der Waals surface area contributed by atoms with Crippen LogP contribution in [-0.4, -0.2) is 24.5 Å². The highest BCUT2D eigenvalue weighted by Gasteiger charge is 2.45. The van der Waals surface area contributed by atoms with Gasteiger partial charge in [-0.25, -0.2) is 5.43 Å². The van der Waals surface area contributed by atoms with Crippen molar-refractivity contribution in [3.63, 3.8) is 0 Å². The molecule has 1 aliphatic rings. The van der Waals surface area contributed by atoms with Gasteiger partial charge in [-0.05, 0) is 51.2 Å². The fourth-order valence-electron chi connectivity index (χ4n) is 3.66. The topological polar surface area (TPSA) is 54.4 Å². The molecule has 0 bridgehead atoms. The third kappa shape index (κ3) is 2.46. The number of likely N-dealkylation sites (N-methyl/N-ethyl adjacent to an activating group) is 1. The lowest BCUT2D eigenvalue weighted by atomic mass is 9.85. The number of nitrogens with one attached hydrogen (secondary N) is 1. The normalized spacial score (nSPS) is 19.5. The number of hydrogen-bond acceptors (Lipinski definition) is 4. The molecule has 2 aromatic rings. The maximum atomic E-state index is 6.06. The second-order valence-corrected chi connectivity index (χ2v) is 6.57. The molecule has 1 aromatic heterocycles. The third-order valence-corrected chi connectivity index (χ3v) is 5.08. The monoisotopic (exact) mass is 307 g/mol. The van der Waals surface area contributed by atoms with E-state index in [1.165, 1.54) is 12.8 Å². The zero-order chi connectivity index (χ0) is 15.0. The maximum Gasteiger partial charge on any atom is 0.134 e. The van der Waals surface area contributed by atoms with Crippen molar-refractivity contribution in [2.45, 2.75) is 37.3 Å². The molecule has 21 heavy (non-hydrogen) atoms. The van der Waals surface area contributed by atoms with Gasteiger partial charge in [-0.1, -0.05) is 24.4 Å². The van der Waals surface area contributed by atoms with Gasteiger partial charge >= 0.3 is 0 Å². The highest BCUT2D eigenvalue weighted by Crippen LogP contribution is 2.44. The van der Waals surface area contributed by atoms with Crippen LogP contribution in [0.1, 0.15) is 37.5 Å². The van der Waals surface area contributed by atoms with E-state index in [1.807, 2.05) is 18.2 Å². The molecule has 1 aromatic carbocycles. The first-order chi connectivity index (χ1) is 10.1. The predicted molar refractivity (Wildman–Crippen MR) is 86.2 cm³/mol. The van der Waals surface area contributed by atoms with Crippen LogP contribution in [0.15, 0.2) is 28.7 Å². The van der Waals surface area contributed by atoms with Gasteiger partial charge in [-0.2, -0.15) is 0 Å². The van der Waals surface area contributed by atoms with Crippen LogP contribution in [0.3, 0.4) is 0 Å². The lowest BCUT2D eigenvalue weighted by Gasteiger charge is -2.41. The van der Waals surface area contributed by atoms with E-state index in [0.717, 1.165) is 34.6 Å². The number of rotatable bonds is 4. The van der Waals surface area contributed by atoms with Crippen molar-refractivity contribution in [1.29, 1.82) is 0 Å². The molecular weight excluding hydrogens is 286 g/mol. The summed E-state index contributed by atoms with van der Waals surface area (Å²) in [5.41, 5.74) is 3.84. The van der Waals surface area contributed by atoms with E-state index >= 15 is 0 Å². The Hall–Kier alpha value is -1.07. The minimum atomic E-state index is -0.0267. The van der Waals surface area contributed by atoms with Crippen molar-refractivity contribution in [3.05, 3.63) is 35.0 Å². The van der Waals surface area contributed by atoms with Crippen molar-refractivity contribution in [1.82, 2.24) is 10.3 Å². The fraction of sp³-hybridized carbons (Fsp3) is 0.500. The molecule has 3 N–H and O–H groups in total. The number of nitrogens with two attached hydrogens (primary N) is 1. The summed E-state index contributed by atoms with van der Waals surface area (Å²) < 4.78 is 6.04. The number of furan rings is 1. The summed E-state index contributed by atoms with van der Waals surface area (Å²) in [6.45, 7) is 0. The Balaban J connectivity index is 2.04. The zero-order valence-corrected chi connectivity index (χ0v) is 13.3. The van der Waals surface area contributed by atoms with Crippen LogP contribution in [0, 0.1) is 0 Å². The predicted octanol–water partition coefficient (Wildman–Crippen LogP) is 3.47. The summed E-state index contributed by atoms with van der Waals surface area (Å²) in [6.07, 6.45) is 4.68. The van der Waals surface area contributed by atoms with Crippen LogP contribution >= 0.6 is 11.6 Å². The molecule has 1 unspecified atom stereocenters. The molecular formula is C16H22ClN3O. The molecule has 1 saturated carbocycles. The van der Waals surface area contributed by atoms with Gasteiger partial charge in [0.05, 0.1) is 6.04 Å². The zero-order valence-electron chi connectivity index (χ0n) is 12.5. The number of benzene rings is 1. The number of halogens is 1. The second kappa shape index (κ2) is 5.61. The van der Waals surface area contributed by atoms with Crippen molar-refractivity contribution in [3.8, 4) is 0 Å². The second-order valence-electron chi connectivity index (χ2n) is 6.14. The highest BCUT2D eigenvalue weighted by atomic mass is 35.5. The van der Waals surface area contributed by atoms with Crippen LogP contribution < -0.4 is 11.3 Å². The van der Waals surface area contributed by atoms with Gasteiger partial charge in [0.2, 0.25) is 0 Å². The number of hydrazine groups is 1. The van der Waals surface area contributed by atoms with Gasteiger partial charge < -0.3 is 9.32 Å². The van der Waals surface area contributed by atoms with Gasteiger partial charge in [0.1, 0.15) is 11.3 Å². The number of fused-ring (bicyclic) bond motifs is 1. The maximum absolute atomic E-state index is 6.06. The van der Waals surface area contributed by atoms with Crippen LogP contribution in [0.5, 0.6) is 0 Å². The summed E-state index contributed by atoms with van der Waals surface area (Å²) in [7, 11) is 4.24. The first kappa shape index (κ1) is 14.9. The SMILES string of the molecule is CN(C)C1(C(NN)c2cc3cc(Cl)ccc3o2)CCCC1. The molecule has 4 nitrogen and oxygen atoms in total. The number of hydrogen-bond donors (Lipinski definition) is 2. The molecule has 0 aliphatic heterocycles. The molecule has 1 heterocycles. The fourth-order valence-corrected chi connectivity index (χ4v) is 3.84. The molecule has 1 fully saturated rings. The molecule has 5 heteroatoms. The molecule has 0 saturated heterocycles. The lowest BCUT2D eigenvalue weighted by Crippen LogP contribution is -2.53. The highest BCUT2D eigenvalue weighted by molar-refractivity contribution is 6.31. The Labute approximate surface area is 130 Å². The summed E-state index contributed by atoms with van der Waals surface area (Å²) in [5, 5.41) is 1.74. The molecule has 3 rings (SSSR count). The standard InChI is InChI=1S/C16H22ClN3O/c1-20(2)16(7-3-4-8-16)15(19-18)14-10-11-9-12(17)5-6-13(11)21-14/h5-6,9-10,15,19H,3-4,7-8,18H2,1-2H3. The van der Waals surface area contributed by atoms with Gasteiger partial charge in [-0.15, -0.1) is 0 Å². The van der Waals surface area contributed by atoms with Crippen LogP contribution in [0.2, 0.25) is 5.02 Å². The van der Waals surface area contributed by atoms with Crippen molar-refractivity contribution in [2.75, 3.05) is 14.1 Å². The Morgan fingerprint density at radius 3 is 2.62 bits per heavy atom. The Bertz CT molecular complexity index is 631. The lowest BCUT2D eigenvalue weighted by molar-refractivity contribution is 0.0943. The molecule has 0 radical (unpaired) electrons. The smallest absolute Gasteiger partial charge is 0.134 e. The number of nitrogens with zero attached hydrogens (tertiary/aromatic N) is 1. The molecule has 1 atom stereocenters. The molecule has 0 amide bonds. The van der Waals surface area contributed by atoms with E-state index in [-0.39, 0.29) is 11.6 Å². The largest absolute Gasteiger partial charge is 0.459 e. The van der Waals surface area contributed by atoms with Crippen molar-refractivity contribution < 1.29 is 4.42 Å². The summed E-state index contributed by atoms with van der Waals surface area (Å²) in [6, 6.07) is 7.70. The average Bonchev–Trinajstić information content (AvgIpc) is 3.06. The molecule has 0 spiro atoms. The van der Waals surface area contributed by atoms with Crippen LogP contribution in [-0.2, 0) is 0 Å². The minimum absolute atomic E-state index is 0.00637. The van der Waals surface area contributed by atoms with Crippen molar-refractivity contribution in [2.24, 2.45) is 5.84 Å². The van der Waals surface area contributed by atoms with E-state index in [0.29, 0.717) is 0 Å². The van der Waals surface area contributed by atoms with Gasteiger partial charge in [0.25, 0.3) is 0 Å². The molecule has 1 aliphatic carbocycles. The first-order valence-corrected chi connectivity index (χ1v) is 7.77. The third-order valence-electron chi connectivity index (χ3n) is 4.85. The van der Waals surface area contributed by atoms with E-state index in [4.69, 9.17) is 21.9 Å². The van der Waals surface area contributed by atoms with E-state index < -0.39 is 0 Å². The van der Waals surface area contributed by atoms with Gasteiger partial charge in [-0.3, -0.25) is 5.84 Å². The van der Waals surface area contributed by atoms with Crippen molar-refractivity contribution >= 4 is 22.6 Å². The quantitative estimate of drug-likeness (QED) is 0.671. The van der Waals surface area contributed by atoms with E-state index in [2.05, 4.69) is 30.5 Å².